The van der Waals surface area contributed by atoms with E-state index in [0.717, 1.165) is 24.9 Å². The fourth-order valence-corrected chi connectivity index (χ4v) is 1.02. The Morgan fingerprint density at radius 2 is 2.36 bits per heavy atom. The SMILES string of the molecule is CCCCNC(=O)NCc1ccoc1. The van der Waals surface area contributed by atoms with Crippen LogP contribution < -0.4 is 10.6 Å². The molecule has 0 radical (unpaired) electrons. The highest BCUT2D eigenvalue weighted by Gasteiger charge is 1.99. The van der Waals surface area contributed by atoms with E-state index >= 15 is 0 Å². The monoisotopic (exact) mass is 196 g/mol. The van der Waals surface area contributed by atoms with Crippen LogP contribution in [0.15, 0.2) is 23.0 Å². The van der Waals surface area contributed by atoms with Crippen LogP contribution in [0.5, 0.6) is 0 Å². The average molecular weight is 196 g/mol. The molecule has 0 unspecified atom stereocenters. The fourth-order valence-electron chi connectivity index (χ4n) is 1.02. The van der Waals surface area contributed by atoms with Gasteiger partial charge in [0.05, 0.1) is 12.5 Å². The Labute approximate surface area is 83.7 Å². The first-order valence-corrected chi connectivity index (χ1v) is 4.85. The van der Waals surface area contributed by atoms with Gasteiger partial charge in [0.2, 0.25) is 0 Å². The summed E-state index contributed by atoms with van der Waals surface area (Å²) < 4.78 is 4.87. The predicted molar refractivity (Wildman–Crippen MR) is 53.9 cm³/mol. The van der Waals surface area contributed by atoms with Crippen LogP contribution in [-0.2, 0) is 6.54 Å². The Hall–Kier alpha value is -1.45. The molecule has 0 aliphatic carbocycles. The minimum Gasteiger partial charge on any atom is -0.472 e. The predicted octanol–water partition coefficient (Wildman–Crippen LogP) is 1.88. The maximum atomic E-state index is 11.2. The van der Waals surface area contributed by atoms with Gasteiger partial charge in [-0.1, -0.05) is 13.3 Å². The van der Waals surface area contributed by atoms with Gasteiger partial charge in [0, 0.05) is 18.7 Å². The van der Waals surface area contributed by atoms with E-state index in [1.165, 1.54) is 0 Å². The zero-order valence-corrected chi connectivity index (χ0v) is 8.38. The molecule has 14 heavy (non-hydrogen) atoms. The zero-order valence-electron chi connectivity index (χ0n) is 8.38. The van der Waals surface area contributed by atoms with Crippen LogP contribution in [0.3, 0.4) is 0 Å². The van der Waals surface area contributed by atoms with Gasteiger partial charge in [-0.25, -0.2) is 4.79 Å². The Balaban J connectivity index is 2.09. The highest BCUT2D eigenvalue weighted by atomic mass is 16.3. The summed E-state index contributed by atoms with van der Waals surface area (Å²) in [5, 5.41) is 5.50. The number of hydrogen-bond acceptors (Lipinski definition) is 2. The van der Waals surface area contributed by atoms with Crippen molar-refractivity contribution in [3.05, 3.63) is 24.2 Å². The standard InChI is InChI=1S/C10H16N2O2/c1-2-3-5-11-10(13)12-7-9-4-6-14-8-9/h4,6,8H,2-3,5,7H2,1H3,(H2,11,12,13). The van der Waals surface area contributed by atoms with Crippen LogP contribution in [-0.4, -0.2) is 12.6 Å². The molecule has 0 aliphatic heterocycles. The normalized spacial score (nSPS) is 9.79. The smallest absolute Gasteiger partial charge is 0.315 e. The Kier molecular flexibility index (Phi) is 4.61. The molecule has 0 spiro atoms. The maximum Gasteiger partial charge on any atom is 0.315 e. The van der Waals surface area contributed by atoms with Crippen LogP contribution in [0.2, 0.25) is 0 Å². The second-order valence-electron chi connectivity index (χ2n) is 3.09. The van der Waals surface area contributed by atoms with E-state index in [0.29, 0.717) is 6.54 Å². The van der Waals surface area contributed by atoms with E-state index in [4.69, 9.17) is 4.42 Å². The third-order valence-corrected chi connectivity index (χ3v) is 1.85. The van der Waals surface area contributed by atoms with Gasteiger partial charge >= 0.3 is 6.03 Å². The summed E-state index contributed by atoms with van der Waals surface area (Å²) >= 11 is 0. The van der Waals surface area contributed by atoms with E-state index in [-0.39, 0.29) is 6.03 Å². The molecular formula is C10H16N2O2. The number of hydrogen-bond donors (Lipinski definition) is 2. The molecule has 0 atom stereocenters. The van der Waals surface area contributed by atoms with Gasteiger partial charge in [-0.3, -0.25) is 0 Å². The summed E-state index contributed by atoms with van der Waals surface area (Å²) in [7, 11) is 0. The molecule has 1 rings (SSSR count). The van der Waals surface area contributed by atoms with Crippen molar-refractivity contribution >= 4 is 6.03 Å². The van der Waals surface area contributed by atoms with Crippen LogP contribution >= 0.6 is 0 Å². The maximum absolute atomic E-state index is 11.2. The topological polar surface area (TPSA) is 54.3 Å². The minimum atomic E-state index is -0.125. The minimum absolute atomic E-state index is 0.125. The number of nitrogens with one attached hydrogen (secondary N) is 2. The number of amides is 2. The molecule has 1 aromatic rings. The van der Waals surface area contributed by atoms with Crippen LogP contribution in [0.1, 0.15) is 25.3 Å². The molecule has 0 bridgehead atoms. The molecule has 78 valence electrons. The molecule has 1 heterocycles. The summed E-state index contributed by atoms with van der Waals surface area (Å²) in [6.07, 6.45) is 5.31. The number of urea groups is 1. The van der Waals surface area contributed by atoms with E-state index in [2.05, 4.69) is 17.6 Å². The van der Waals surface area contributed by atoms with Crippen molar-refractivity contribution in [2.24, 2.45) is 0 Å². The molecule has 1 aromatic heterocycles. The number of unbranched alkanes of at least 4 members (excludes halogenated alkanes) is 1. The molecule has 2 N–H and O–H groups in total. The quantitative estimate of drug-likeness (QED) is 0.706. The van der Waals surface area contributed by atoms with Gasteiger partial charge in [-0.05, 0) is 12.5 Å². The summed E-state index contributed by atoms with van der Waals surface area (Å²) in [4.78, 5) is 11.2. The molecule has 0 saturated carbocycles. The zero-order chi connectivity index (χ0) is 10.2. The first-order chi connectivity index (χ1) is 6.83. The van der Waals surface area contributed by atoms with Crippen molar-refractivity contribution in [2.45, 2.75) is 26.3 Å². The second kappa shape index (κ2) is 6.07. The molecule has 0 fully saturated rings. The van der Waals surface area contributed by atoms with Gasteiger partial charge < -0.3 is 15.1 Å². The lowest BCUT2D eigenvalue weighted by Crippen LogP contribution is -2.35. The van der Waals surface area contributed by atoms with Gasteiger partial charge in [0.15, 0.2) is 0 Å². The number of rotatable bonds is 5. The molecular weight excluding hydrogens is 180 g/mol. The lowest BCUT2D eigenvalue weighted by molar-refractivity contribution is 0.240. The summed E-state index contributed by atoms with van der Waals surface area (Å²) in [6.45, 7) is 3.33. The van der Waals surface area contributed by atoms with Crippen molar-refractivity contribution in [3.8, 4) is 0 Å². The first kappa shape index (κ1) is 10.6. The van der Waals surface area contributed by atoms with Crippen molar-refractivity contribution in [1.82, 2.24) is 10.6 Å². The van der Waals surface area contributed by atoms with Crippen molar-refractivity contribution < 1.29 is 9.21 Å². The Morgan fingerprint density at radius 1 is 1.50 bits per heavy atom. The number of furan rings is 1. The van der Waals surface area contributed by atoms with Crippen molar-refractivity contribution in [1.29, 1.82) is 0 Å². The summed E-state index contributed by atoms with van der Waals surface area (Å²) in [5.41, 5.74) is 0.968. The summed E-state index contributed by atoms with van der Waals surface area (Å²) in [5.74, 6) is 0. The van der Waals surface area contributed by atoms with E-state index in [1.807, 2.05) is 6.07 Å². The number of carbonyl (C=O) groups excluding carboxylic acids is 1. The van der Waals surface area contributed by atoms with Crippen molar-refractivity contribution in [2.75, 3.05) is 6.54 Å². The average Bonchev–Trinajstić information content (AvgIpc) is 2.68. The molecule has 0 aliphatic rings. The largest absolute Gasteiger partial charge is 0.472 e. The molecule has 4 heteroatoms. The Morgan fingerprint density at radius 3 is 3.00 bits per heavy atom. The second-order valence-corrected chi connectivity index (χ2v) is 3.09. The lowest BCUT2D eigenvalue weighted by atomic mass is 10.3. The van der Waals surface area contributed by atoms with Gasteiger partial charge in [-0.15, -0.1) is 0 Å². The van der Waals surface area contributed by atoms with E-state index < -0.39 is 0 Å². The summed E-state index contributed by atoms with van der Waals surface area (Å²) in [6, 6.07) is 1.70. The molecule has 0 saturated heterocycles. The molecule has 0 aromatic carbocycles. The highest BCUT2D eigenvalue weighted by molar-refractivity contribution is 5.73. The van der Waals surface area contributed by atoms with Crippen LogP contribution in [0, 0.1) is 0 Å². The Bertz CT molecular complexity index is 257. The van der Waals surface area contributed by atoms with Crippen LogP contribution in [0.25, 0.3) is 0 Å². The third-order valence-electron chi connectivity index (χ3n) is 1.85. The van der Waals surface area contributed by atoms with Gasteiger partial charge in [-0.2, -0.15) is 0 Å². The van der Waals surface area contributed by atoms with Crippen LogP contribution in [0.4, 0.5) is 4.79 Å². The van der Waals surface area contributed by atoms with E-state index in [9.17, 15) is 4.79 Å². The van der Waals surface area contributed by atoms with Gasteiger partial charge in [0.25, 0.3) is 0 Å². The lowest BCUT2D eigenvalue weighted by Gasteiger charge is -2.05. The molecule has 2 amide bonds. The van der Waals surface area contributed by atoms with E-state index in [1.54, 1.807) is 12.5 Å². The number of carbonyl (C=O) groups is 1. The van der Waals surface area contributed by atoms with Gasteiger partial charge in [0.1, 0.15) is 0 Å². The first-order valence-electron chi connectivity index (χ1n) is 4.85. The third kappa shape index (κ3) is 3.98. The fraction of sp³-hybridized carbons (Fsp3) is 0.500. The molecule has 4 nitrogen and oxygen atoms in total. The highest BCUT2D eigenvalue weighted by Crippen LogP contribution is 1.97. The van der Waals surface area contributed by atoms with Crippen molar-refractivity contribution in [3.63, 3.8) is 0 Å².